The van der Waals surface area contributed by atoms with Crippen molar-refractivity contribution in [1.82, 2.24) is 4.90 Å². The van der Waals surface area contributed by atoms with Gasteiger partial charge in [0.25, 0.3) is 5.91 Å². The van der Waals surface area contributed by atoms with Crippen LogP contribution in [0, 0.1) is 0 Å². The highest BCUT2D eigenvalue weighted by atomic mass is 32.2. The van der Waals surface area contributed by atoms with Gasteiger partial charge in [0.05, 0.1) is 6.42 Å². The number of rotatable bonds is 5. The second-order valence-corrected chi connectivity index (χ2v) is 7.99. The van der Waals surface area contributed by atoms with Crippen LogP contribution in [0.5, 0.6) is 0 Å². The lowest BCUT2D eigenvalue weighted by molar-refractivity contribution is -0.130. The van der Waals surface area contributed by atoms with Crippen LogP contribution >= 0.6 is 11.8 Å². The third kappa shape index (κ3) is 5.26. The van der Waals surface area contributed by atoms with E-state index in [1.54, 1.807) is 0 Å². The lowest BCUT2D eigenvalue weighted by Crippen LogP contribution is -2.38. The predicted molar refractivity (Wildman–Crippen MR) is 113 cm³/mol. The SMILES string of the molecule is CN(C)c1ccc(C(=O)Nc2ccc(CC(=O)N3CCSCC3)cc2)cc1. The number of carbonyl (C=O) groups excluding carboxylic acids is 2. The van der Waals surface area contributed by atoms with Gasteiger partial charge in [-0.05, 0) is 42.0 Å². The van der Waals surface area contributed by atoms with Crippen LogP contribution in [0.1, 0.15) is 15.9 Å². The standard InChI is InChI=1S/C21H25N3O2S/c1-23(2)19-9-5-17(6-10-19)21(26)22-18-7-3-16(4-8-18)15-20(25)24-11-13-27-14-12-24/h3-10H,11-15H2,1-2H3,(H,22,26). The molecule has 1 saturated heterocycles. The first-order valence-electron chi connectivity index (χ1n) is 9.06. The van der Waals surface area contributed by atoms with E-state index in [1.807, 2.05) is 84.2 Å². The Labute approximate surface area is 164 Å². The summed E-state index contributed by atoms with van der Waals surface area (Å²) in [5.41, 5.74) is 3.35. The summed E-state index contributed by atoms with van der Waals surface area (Å²) in [6.45, 7) is 1.68. The van der Waals surface area contributed by atoms with E-state index < -0.39 is 0 Å². The molecule has 3 rings (SSSR count). The van der Waals surface area contributed by atoms with Crippen LogP contribution in [0.4, 0.5) is 11.4 Å². The quantitative estimate of drug-likeness (QED) is 0.862. The molecule has 0 aliphatic carbocycles. The highest BCUT2D eigenvalue weighted by Crippen LogP contribution is 2.16. The Hall–Kier alpha value is -2.47. The Morgan fingerprint density at radius 2 is 1.63 bits per heavy atom. The zero-order valence-corrected chi connectivity index (χ0v) is 16.6. The van der Waals surface area contributed by atoms with Gasteiger partial charge < -0.3 is 15.1 Å². The maximum atomic E-state index is 12.4. The molecule has 1 N–H and O–H groups in total. The van der Waals surface area contributed by atoms with Gasteiger partial charge in [-0.25, -0.2) is 0 Å². The van der Waals surface area contributed by atoms with Crippen LogP contribution in [0.15, 0.2) is 48.5 Å². The van der Waals surface area contributed by atoms with Crippen molar-refractivity contribution in [2.24, 2.45) is 0 Å². The summed E-state index contributed by atoms with van der Waals surface area (Å²) in [5.74, 6) is 2.07. The van der Waals surface area contributed by atoms with Crippen molar-refractivity contribution in [3.8, 4) is 0 Å². The molecule has 2 aromatic rings. The molecule has 1 aliphatic heterocycles. The van der Waals surface area contributed by atoms with Crippen molar-refractivity contribution >= 4 is 35.0 Å². The molecule has 0 radical (unpaired) electrons. The van der Waals surface area contributed by atoms with Gasteiger partial charge in [0.2, 0.25) is 5.91 Å². The van der Waals surface area contributed by atoms with Crippen LogP contribution in [0.2, 0.25) is 0 Å². The van der Waals surface area contributed by atoms with Crippen LogP contribution in [0.3, 0.4) is 0 Å². The van der Waals surface area contributed by atoms with Gasteiger partial charge in [-0.3, -0.25) is 9.59 Å². The average Bonchev–Trinajstić information content (AvgIpc) is 2.70. The Morgan fingerprint density at radius 3 is 2.22 bits per heavy atom. The number of hydrogen-bond donors (Lipinski definition) is 1. The fourth-order valence-corrected chi connectivity index (χ4v) is 3.82. The first kappa shape index (κ1) is 19.3. The van der Waals surface area contributed by atoms with Crippen LogP contribution < -0.4 is 10.2 Å². The predicted octanol–water partition coefficient (Wildman–Crippen LogP) is 3.12. The highest BCUT2D eigenvalue weighted by Gasteiger charge is 2.16. The minimum atomic E-state index is -0.144. The Bertz CT molecular complexity index is 782. The van der Waals surface area contributed by atoms with Gasteiger partial charge in [0, 0.05) is 55.6 Å². The van der Waals surface area contributed by atoms with E-state index in [4.69, 9.17) is 0 Å². The van der Waals surface area contributed by atoms with E-state index in [2.05, 4.69) is 5.32 Å². The van der Waals surface area contributed by atoms with E-state index in [1.165, 1.54) is 0 Å². The lowest BCUT2D eigenvalue weighted by atomic mass is 10.1. The first-order valence-corrected chi connectivity index (χ1v) is 10.2. The second-order valence-electron chi connectivity index (χ2n) is 6.76. The van der Waals surface area contributed by atoms with Crippen molar-refractivity contribution in [1.29, 1.82) is 0 Å². The Balaban J connectivity index is 1.56. The van der Waals surface area contributed by atoms with E-state index in [0.29, 0.717) is 12.0 Å². The number of hydrogen-bond acceptors (Lipinski definition) is 4. The molecular formula is C21H25N3O2S. The fourth-order valence-electron chi connectivity index (χ4n) is 2.92. The maximum Gasteiger partial charge on any atom is 0.255 e. The van der Waals surface area contributed by atoms with E-state index >= 15 is 0 Å². The number of benzene rings is 2. The molecule has 2 amide bonds. The number of thioether (sulfide) groups is 1. The number of anilines is 2. The zero-order valence-electron chi connectivity index (χ0n) is 15.8. The minimum absolute atomic E-state index is 0.144. The smallest absolute Gasteiger partial charge is 0.255 e. The molecule has 2 aromatic carbocycles. The summed E-state index contributed by atoms with van der Waals surface area (Å²) in [6.07, 6.45) is 0.408. The molecule has 0 unspecified atom stereocenters. The minimum Gasteiger partial charge on any atom is -0.378 e. The summed E-state index contributed by atoms with van der Waals surface area (Å²) < 4.78 is 0. The molecule has 1 aliphatic rings. The van der Waals surface area contributed by atoms with Crippen LogP contribution in [0.25, 0.3) is 0 Å². The molecule has 142 valence electrons. The molecule has 27 heavy (non-hydrogen) atoms. The Kier molecular flexibility index (Phi) is 6.40. The topological polar surface area (TPSA) is 52.7 Å². The summed E-state index contributed by atoms with van der Waals surface area (Å²) in [4.78, 5) is 28.6. The van der Waals surface area contributed by atoms with Gasteiger partial charge in [-0.2, -0.15) is 11.8 Å². The van der Waals surface area contributed by atoms with Gasteiger partial charge in [0.1, 0.15) is 0 Å². The largest absolute Gasteiger partial charge is 0.378 e. The van der Waals surface area contributed by atoms with Crippen molar-refractivity contribution in [2.75, 3.05) is 48.9 Å². The Morgan fingerprint density at radius 1 is 1.00 bits per heavy atom. The summed E-state index contributed by atoms with van der Waals surface area (Å²) >= 11 is 1.89. The van der Waals surface area contributed by atoms with E-state index in [0.717, 1.165) is 41.5 Å². The van der Waals surface area contributed by atoms with Gasteiger partial charge in [-0.1, -0.05) is 12.1 Å². The molecule has 5 nitrogen and oxygen atoms in total. The van der Waals surface area contributed by atoms with Gasteiger partial charge in [-0.15, -0.1) is 0 Å². The lowest BCUT2D eigenvalue weighted by Gasteiger charge is -2.26. The van der Waals surface area contributed by atoms with Crippen LogP contribution in [-0.4, -0.2) is 55.4 Å². The van der Waals surface area contributed by atoms with Crippen molar-refractivity contribution in [3.63, 3.8) is 0 Å². The third-order valence-electron chi connectivity index (χ3n) is 4.58. The molecule has 0 bridgehead atoms. The van der Waals surface area contributed by atoms with E-state index in [9.17, 15) is 9.59 Å². The molecule has 6 heteroatoms. The molecule has 1 fully saturated rings. The third-order valence-corrected chi connectivity index (χ3v) is 5.52. The van der Waals surface area contributed by atoms with E-state index in [-0.39, 0.29) is 11.8 Å². The zero-order chi connectivity index (χ0) is 19.2. The van der Waals surface area contributed by atoms with Gasteiger partial charge >= 0.3 is 0 Å². The molecule has 0 atom stereocenters. The van der Waals surface area contributed by atoms with Crippen molar-refractivity contribution in [2.45, 2.75) is 6.42 Å². The molecule has 0 aromatic heterocycles. The summed E-state index contributed by atoms with van der Waals surface area (Å²) in [6, 6.07) is 15.0. The summed E-state index contributed by atoms with van der Waals surface area (Å²) in [7, 11) is 3.93. The van der Waals surface area contributed by atoms with Crippen molar-refractivity contribution < 1.29 is 9.59 Å². The van der Waals surface area contributed by atoms with Crippen molar-refractivity contribution in [3.05, 3.63) is 59.7 Å². The molecule has 0 spiro atoms. The first-order chi connectivity index (χ1) is 13.0. The molecule has 0 saturated carbocycles. The second kappa shape index (κ2) is 8.95. The monoisotopic (exact) mass is 383 g/mol. The fraction of sp³-hybridized carbons (Fsp3) is 0.333. The average molecular weight is 384 g/mol. The van der Waals surface area contributed by atoms with Crippen LogP contribution in [-0.2, 0) is 11.2 Å². The number of amides is 2. The van der Waals surface area contributed by atoms with Gasteiger partial charge in [0.15, 0.2) is 0 Å². The maximum absolute atomic E-state index is 12.4. The molecular weight excluding hydrogens is 358 g/mol. The molecule has 1 heterocycles. The number of carbonyl (C=O) groups is 2. The summed E-state index contributed by atoms with van der Waals surface area (Å²) in [5, 5.41) is 2.90. The number of nitrogens with one attached hydrogen (secondary N) is 1. The highest BCUT2D eigenvalue weighted by molar-refractivity contribution is 7.99. The normalized spacial score (nSPS) is 13.9. The number of nitrogens with zero attached hydrogens (tertiary/aromatic N) is 2.